The second-order valence-corrected chi connectivity index (χ2v) is 6.55. The average Bonchev–Trinajstić information content (AvgIpc) is 2.69. The number of aryl methyl sites for hydroxylation is 1. The molecule has 0 saturated carbocycles. The number of nitro groups is 1. The molecule has 3 aromatic rings. The zero-order chi connectivity index (χ0) is 20.1. The number of halogens is 1. The van der Waals surface area contributed by atoms with Gasteiger partial charge >= 0.3 is 0 Å². The fourth-order valence-corrected chi connectivity index (χ4v) is 2.87. The molecule has 3 rings (SSSR count). The van der Waals surface area contributed by atoms with Gasteiger partial charge in [-0.3, -0.25) is 14.9 Å². The topological polar surface area (TPSA) is 72.2 Å². The summed E-state index contributed by atoms with van der Waals surface area (Å²) in [6.45, 7) is 1.98. The SMILES string of the molecule is Cc1ccc(C(CC(=O)c2ccc(F)cc2)Nc2ccc([N+](=O)[O-])cc2)cc1. The molecule has 0 aliphatic carbocycles. The summed E-state index contributed by atoms with van der Waals surface area (Å²) >= 11 is 0. The number of nitrogens with one attached hydrogen (secondary N) is 1. The van der Waals surface area contributed by atoms with E-state index in [2.05, 4.69) is 5.32 Å². The lowest BCUT2D eigenvalue weighted by molar-refractivity contribution is -0.384. The Morgan fingerprint density at radius 2 is 1.61 bits per heavy atom. The van der Waals surface area contributed by atoms with Gasteiger partial charge in [0.1, 0.15) is 5.82 Å². The van der Waals surface area contributed by atoms with Crippen LogP contribution in [-0.2, 0) is 0 Å². The summed E-state index contributed by atoms with van der Waals surface area (Å²) in [5.41, 5.74) is 3.12. The van der Waals surface area contributed by atoms with Crippen molar-refractivity contribution in [3.05, 3.63) is 105 Å². The van der Waals surface area contributed by atoms with Gasteiger partial charge in [-0.05, 0) is 48.9 Å². The van der Waals surface area contributed by atoms with Gasteiger partial charge in [0.15, 0.2) is 5.78 Å². The zero-order valence-electron chi connectivity index (χ0n) is 15.3. The number of carbonyl (C=O) groups is 1. The van der Waals surface area contributed by atoms with E-state index in [0.29, 0.717) is 11.3 Å². The third-order valence-corrected chi connectivity index (χ3v) is 4.45. The van der Waals surface area contributed by atoms with Gasteiger partial charge in [0.05, 0.1) is 11.0 Å². The molecule has 6 heteroatoms. The molecule has 28 heavy (non-hydrogen) atoms. The number of benzene rings is 3. The molecule has 1 unspecified atom stereocenters. The lowest BCUT2D eigenvalue weighted by Crippen LogP contribution is -2.16. The van der Waals surface area contributed by atoms with E-state index in [4.69, 9.17) is 0 Å². The van der Waals surface area contributed by atoms with Gasteiger partial charge in [0.2, 0.25) is 0 Å². The van der Waals surface area contributed by atoms with E-state index >= 15 is 0 Å². The first kappa shape index (κ1) is 19.2. The van der Waals surface area contributed by atoms with E-state index in [0.717, 1.165) is 11.1 Å². The van der Waals surface area contributed by atoms with Crippen molar-refractivity contribution in [3.63, 3.8) is 0 Å². The van der Waals surface area contributed by atoms with Gasteiger partial charge in [-0.25, -0.2) is 4.39 Å². The number of nitro benzene ring substituents is 1. The molecule has 0 saturated heterocycles. The highest BCUT2D eigenvalue weighted by Crippen LogP contribution is 2.26. The molecule has 0 heterocycles. The third-order valence-electron chi connectivity index (χ3n) is 4.45. The van der Waals surface area contributed by atoms with Crippen LogP contribution in [-0.4, -0.2) is 10.7 Å². The molecule has 0 fully saturated rings. The minimum absolute atomic E-state index is 0.000163. The van der Waals surface area contributed by atoms with Crippen molar-refractivity contribution < 1.29 is 14.1 Å². The van der Waals surface area contributed by atoms with Crippen LogP contribution >= 0.6 is 0 Å². The van der Waals surface area contributed by atoms with E-state index in [1.54, 1.807) is 12.1 Å². The summed E-state index contributed by atoms with van der Waals surface area (Å²) in [4.78, 5) is 23.1. The van der Waals surface area contributed by atoms with Crippen LogP contribution in [0.4, 0.5) is 15.8 Å². The smallest absolute Gasteiger partial charge is 0.269 e. The summed E-state index contributed by atoms with van der Waals surface area (Å²) in [6.07, 6.45) is 0.158. The second-order valence-electron chi connectivity index (χ2n) is 6.55. The standard InChI is InChI=1S/C22H19FN2O3/c1-15-2-4-16(5-3-15)21(14-22(26)17-6-8-18(23)9-7-17)24-19-10-12-20(13-11-19)25(27)28/h2-13,21,24H,14H2,1H3. The molecule has 0 spiro atoms. The van der Waals surface area contributed by atoms with E-state index in [-0.39, 0.29) is 23.9 Å². The van der Waals surface area contributed by atoms with Crippen LogP contribution in [0.2, 0.25) is 0 Å². The normalized spacial score (nSPS) is 11.6. The number of ketones is 1. The molecule has 0 radical (unpaired) electrons. The maximum atomic E-state index is 13.1. The highest BCUT2D eigenvalue weighted by molar-refractivity contribution is 5.96. The lowest BCUT2D eigenvalue weighted by atomic mass is 9.97. The number of anilines is 1. The Kier molecular flexibility index (Phi) is 5.79. The second kappa shape index (κ2) is 8.43. The number of rotatable bonds is 7. The quantitative estimate of drug-likeness (QED) is 0.336. The number of carbonyl (C=O) groups excluding carboxylic acids is 1. The minimum Gasteiger partial charge on any atom is -0.378 e. The first-order valence-corrected chi connectivity index (χ1v) is 8.79. The van der Waals surface area contributed by atoms with E-state index in [1.165, 1.54) is 36.4 Å². The van der Waals surface area contributed by atoms with Crippen LogP contribution in [0.15, 0.2) is 72.8 Å². The summed E-state index contributed by atoms with van der Waals surface area (Å²) in [7, 11) is 0. The van der Waals surface area contributed by atoms with E-state index in [1.807, 2.05) is 31.2 Å². The summed E-state index contributed by atoms with van der Waals surface area (Å²) < 4.78 is 13.1. The third kappa shape index (κ3) is 4.79. The van der Waals surface area contributed by atoms with Gasteiger partial charge in [0, 0.05) is 29.8 Å². The predicted octanol–water partition coefficient (Wildman–Crippen LogP) is 5.47. The molecule has 0 aliphatic heterocycles. The Morgan fingerprint density at radius 1 is 1.00 bits per heavy atom. The number of nitrogens with zero attached hydrogens (tertiary/aromatic N) is 1. The van der Waals surface area contributed by atoms with Crippen LogP contribution in [0.5, 0.6) is 0 Å². The summed E-state index contributed by atoms with van der Waals surface area (Å²) in [5, 5.41) is 14.1. The highest BCUT2D eigenvalue weighted by atomic mass is 19.1. The van der Waals surface area contributed by atoms with Crippen molar-refractivity contribution in [2.24, 2.45) is 0 Å². The lowest BCUT2D eigenvalue weighted by Gasteiger charge is -2.20. The van der Waals surface area contributed by atoms with Crippen molar-refractivity contribution in [1.29, 1.82) is 0 Å². The Bertz CT molecular complexity index is 968. The molecule has 0 bridgehead atoms. The van der Waals surface area contributed by atoms with Crippen LogP contribution in [0.25, 0.3) is 0 Å². The van der Waals surface area contributed by atoms with E-state index in [9.17, 15) is 19.3 Å². The van der Waals surface area contributed by atoms with Crippen molar-refractivity contribution >= 4 is 17.2 Å². The van der Waals surface area contributed by atoms with Crippen molar-refractivity contribution in [1.82, 2.24) is 0 Å². The minimum atomic E-state index is -0.459. The van der Waals surface area contributed by atoms with Crippen molar-refractivity contribution in [3.8, 4) is 0 Å². The molecule has 0 aromatic heterocycles. The molecule has 1 atom stereocenters. The number of Topliss-reactive ketones (excluding diaryl/α,β-unsaturated/α-hetero) is 1. The van der Waals surface area contributed by atoms with Crippen LogP contribution in [0.3, 0.4) is 0 Å². The molecule has 142 valence electrons. The van der Waals surface area contributed by atoms with Crippen molar-refractivity contribution in [2.75, 3.05) is 5.32 Å². The maximum Gasteiger partial charge on any atom is 0.269 e. The summed E-state index contributed by atoms with van der Waals surface area (Å²) in [6, 6.07) is 19.0. The summed E-state index contributed by atoms with van der Waals surface area (Å²) in [5.74, 6) is -0.518. The number of hydrogen-bond donors (Lipinski definition) is 1. The first-order chi connectivity index (χ1) is 13.4. The van der Waals surface area contributed by atoms with Crippen LogP contribution in [0.1, 0.15) is 33.9 Å². The fourth-order valence-electron chi connectivity index (χ4n) is 2.87. The van der Waals surface area contributed by atoms with E-state index < -0.39 is 10.7 Å². The monoisotopic (exact) mass is 378 g/mol. The largest absolute Gasteiger partial charge is 0.378 e. The first-order valence-electron chi connectivity index (χ1n) is 8.79. The van der Waals surface area contributed by atoms with Gasteiger partial charge in [-0.15, -0.1) is 0 Å². The molecule has 1 N–H and O–H groups in total. The van der Waals surface area contributed by atoms with Gasteiger partial charge < -0.3 is 5.32 Å². The number of non-ortho nitro benzene ring substituents is 1. The number of hydrogen-bond acceptors (Lipinski definition) is 4. The molecular weight excluding hydrogens is 359 g/mol. The molecule has 3 aromatic carbocycles. The van der Waals surface area contributed by atoms with Crippen LogP contribution < -0.4 is 5.32 Å². The Balaban J connectivity index is 1.84. The fraction of sp³-hybridized carbons (Fsp3) is 0.136. The van der Waals surface area contributed by atoms with Crippen molar-refractivity contribution in [2.45, 2.75) is 19.4 Å². The Hall–Kier alpha value is -3.54. The van der Waals surface area contributed by atoms with Crippen LogP contribution in [0, 0.1) is 22.9 Å². The zero-order valence-corrected chi connectivity index (χ0v) is 15.3. The van der Waals surface area contributed by atoms with Gasteiger partial charge in [-0.1, -0.05) is 29.8 Å². The maximum absolute atomic E-state index is 13.1. The highest BCUT2D eigenvalue weighted by Gasteiger charge is 2.18. The molecule has 5 nitrogen and oxygen atoms in total. The Labute approximate surface area is 162 Å². The van der Waals surface area contributed by atoms with Gasteiger partial charge in [0.25, 0.3) is 5.69 Å². The Morgan fingerprint density at radius 3 is 2.18 bits per heavy atom. The average molecular weight is 378 g/mol. The van der Waals surface area contributed by atoms with Gasteiger partial charge in [-0.2, -0.15) is 0 Å². The molecular formula is C22H19FN2O3. The molecule has 0 amide bonds. The predicted molar refractivity (Wildman–Crippen MR) is 106 cm³/mol. The molecule has 0 aliphatic rings.